The topological polar surface area (TPSA) is 58.1 Å². The van der Waals surface area contributed by atoms with Crippen molar-refractivity contribution in [2.24, 2.45) is 10.9 Å². The van der Waals surface area contributed by atoms with Gasteiger partial charge in [-0.3, -0.25) is 4.90 Å². The van der Waals surface area contributed by atoms with Crippen LogP contribution in [-0.2, 0) is 22.6 Å². The van der Waals surface area contributed by atoms with Crippen LogP contribution in [0.5, 0.6) is 0 Å². The number of hydrogen-bond acceptors (Lipinski definition) is 4. The maximum atomic E-state index is 5.50. The fourth-order valence-corrected chi connectivity index (χ4v) is 3.44. The molecular weight excluding hydrogens is 491 g/mol. The molecule has 172 valence electrons. The van der Waals surface area contributed by atoms with Crippen molar-refractivity contribution in [3.05, 3.63) is 35.4 Å². The maximum absolute atomic E-state index is 5.50. The van der Waals surface area contributed by atoms with E-state index < -0.39 is 0 Å². The Labute approximate surface area is 200 Å². The highest BCUT2D eigenvalue weighted by Crippen LogP contribution is 2.18. The third-order valence-corrected chi connectivity index (χ3v) is 5.23. The fourth-order valence-electron chi connectivity index (χ4n) is 3.44. The smallest absolute Gasteiger partial charge is 0.191 e. The van der Waals surface area contributed by atoms with Crippen LogP contribution >= 0.6 is 24.0 Å². The summed E-state index contributed by atoms with van der Waals surface area (Å²) in [7, 11) is 1.69. The molecule has 7 heteroatoms. The Morgan fingerprint density at radius 2 is 1.90 bits per heavy atom. The van der Waals surface area contributed by atoms with Crippen molar-refractivity contribution in [1.82, 2.24) is 15.5 Å². The summed E-state index contributed by atoms with van der Waals surface area (Å²) in [4.78, 5) is 7.32. The van der Waals surface area contributed by atoms with Crippen molar-refractivity contribution in [1.29, 1.82) is 0 Å². The van der Waals surface area contributed by atoms with Crippen LogP contribution in [0.3, 0.4) is 0 Å². The average molecular weight is 533 g/mol. The molecule has 30 heavy (non-hydrogen) atoms. The van der Waals surface area contributed by atoms with Crippen LogP contribution in [0, 0.1) is 5.92 Å². The molecule has 0 atom stereocenters. The zero-order valence-electron chi connectivity index (χ0n) is 19.0. The Morgan fingerprint density at radius 1 is 1.13 bits per heavy atom. The second-order valence-corrected chi connectivity index (χ2v) is 7.86. The van der Waals surface area contributed by atoms with Gasteiger partial charge in [0.15, 0.2) is 5.96 Å². The van der Waals surface area contributed by atoms with E-state index in [1.165, 1.54) is 37.1 Å². The zero-order chi connectivity index (χ0) is 20.7. The molecule has 1 heterocycles. The third-order valence-electron chi connectivity index (χ3n) is 5.23. The van der Waals surface area contributed by atoms with Gasteiger partial charge in [0.25, 0.3) is 0 Å². The molecule has 1 saturated heterocycles. The van der Waals surface area contributed by atoms with Gasteiger partial charge in [0.1, 0.15) is 0 Å². The monoisotopic (exact) mass is 532 g/mol. The number of likely N-dealkylation sites (tertiary alicyclic amines) is 1. The quantitative estimate of drug-likeness (QED) is 0.186. The number of piperidine rings is 1. The van der Waals surface area contributed by atoms with Crippen molar-refractivity contribution in [2.75, 3.05) is 53.1 Å². The van der Waals surface area contributed by atoms with Crippen LogP contribution in [0.15, 0.2) is 29.3 Å². The number of nitrogens with zero attached hydrogens (tertiary/aromatic N) is 2. The van der Waals surface area contributed by atoms with Gasteiger partial charge in [0.2, 0.25) is 0 Å². The van der Waals surface area contributed by atoms with Crippen molar-refractivity contribution < 1.29 is 9.47 Å². The van der Waals surface area contributed by atoms with Crippen LogP contribution in [0.25, 0.3) is 0 Å². The normalized spacial score (nSPS) is 15.6. The van der Waals surface area contributed by atoms with Gasteiger partial charge in [-0.05, 0) is 56.3 Å². The maximum Gasteiger partial charge on any atom is 0.191 e. The number of methoxy groups -OCH3 is 1. The fraction of sp³-hybridized carbons (Fsp3) is 0.696. The molecule has 2 rings (SSSR count). The third kappa shape index (κ3) is 11.5. The lowest BCUT2D eigenvalue weighted by atomic mass is 9.98. The highest BCUT2D eigenvalue weighted by atomic mass is 127. The first-order chi connectivity index (χ1) is 14.2. The molecule has 1 aliphatic heterocycles. The standard InChI is InChI=1S/C23H40N4O2.HI/c1-4-24-23(25-11-6-14-29-16-15-28-3)26-18-21-7-5-8-22(17-21)19-27-12-9-20(2)10-13-27;/h5,7-8,17,20H,4,6,9-16,18-19H2,1-3H3,(H2,24,25,26);1H. The summed E-state index contributed by atoms with van der Waals surface area (Å²) in [6, 6.07) is 8.86. The summed E-state index contributed by atoms with van der Waals surface area (Å²) < 4.78 is 10.5. The lowest BCUT2D eigenvalue weighted by Crippen LogP contribution is -2.38. The first kappa shape index (κ1) is 27.1. The number of ether oxygens (including phenoxy) is 2. The van der Waals surface area contributed by atoms with E-state index in [-0.39, 0.29) is 24.0 Å². The molecule has 0 spiro atoms. The molecule has 0 aromatic heterocycles. The molecule has 1 fully saturated rings. The minimum atomic E-state index is 0. The molecule has 0 amide bonds. The van der Waals surface area contributed by atoms with E-state index in [1.54, 1.807) is 7.11 Å². The number of guanidine groups is 1. The first-order valence-corrected chi connectivity index (χ1v) is 11.1. The van der Waals surface area contributed by atoms with E-state index in [2.05, 4.69) is 53.6 Å². The SMILES string of the molecule is CCNC(=NCc1cccc(CN2CCC(C)CC2)c1)NCCCOCCOC.I. The number of hydrogen-bond donors (Lipinski definition) is 2. The van der Waals surface area contributed by atoms with Gasteiger partial charge >= 0.3 is 0 Å². The second-order valence-electron chi connectivity index (χ2n) is 7.86. The van der Waals surface area contributed by atoms with E-state index in [9.17, 15) is 0 Å². The molecule has 6 nitrogen and oxygen atoms in total. The van der Waals surface area contributed by atoms with Gasteiger partial charge in [-0.25, -0.2) is 4.99 Å². The van der Waals surface area contributed by atoms with Crippen LogP contribution < -0.4 is 10.6 Å². The molecule has 2 N–H and O–H groups in total. The second kappa shape index (κ2) is 16.8. The van der Waals surface area contributed by atoms with E-state index in [1.807, 2.05) is 0 Å². The number of nitrogens with one attached hydrogen (secondary N) is 2. The highest BCUT2D eigenvalue weighted by molar-refractivity contribution is 14.0. The van der Waals surface area contributed by atoms with Gasteiger partial charge in [-0.1, -0.05) is 31.2 Å². The zero-order valence-corrected chi connectivity index (χ0v) is 21.3. The Bertz CT molecular complexity index is 592. The highest BCUT2D eigenvalue weighted by Gasteiger charge is 2.15. The van der Waals surface area contributed by atoms with Crippen LogP contribution in [0.4, 0.5) is 0 Å². The molecular formula is C23H41IN4O2. The number of benzene rings is 1. The molecule has 1 aliphatic rings. The molecule has 0 unspecified atom stereocenters. The van der Waals surface area contributed by atoms with Crippen molar-refractivity contribution in [3.63, 3.8) is 0 Å². The Balaban J connectivity index is 0.00000450. The molecule has 1 aromatic carbocycles. The van der Waals surface area contributed by atoms with E-state index >= 15 is 0 Å². The van der Waals surface area contributed by atoms with Gasteiger partial charge in [0.05, 0.1) is 19.8 Å². The number of aliphatic imine (C=N–C) groups is 1. The average Bonchev–Trinajstić information content (AvgIpc) is 2.73. The first-order valence-electron chi connectivity index (χ1n) is 11.1. The van der Waals surface area contributed by atoms with Gasteiger partial charge in [-0.2, -0.15) is 0 Å². The summed E-state index contributed by atoms with van der Waals surface area (Å²) in [5.41, 5.74) is 2.64. The Kier molecular flexibility index (Phi) is 15.2. The van der Waals surface area contributed by atoms with Gasteiger partial charge in [0, 0.05) is 33.4 Å². The molecule has 0 saturated carbocycles. The summed E-state index contributed by atoms with van der Waals surface area (Å²) >= 11 is 0. The predicted octanol–water partition coefficient (Wildman–Crippen LogP) is 3.64. The van der Waals surface area contributed by atoms with Crippen molar-refractivity contribution >= 4 is 29.9 Å². The summed E-state index contributed by atoms with van der Waals surface area (Å²) in [5, 5.41) is 6.70. The minimum Gasteiger partial charge on any atom is -0.382 e. The van der Waals surface area contributed by atoms with Crippen LogP contribution in [0.2, 0.25) is 0 Å². The lowest BCUT2D eigenvalue weighted by molar-refractivity contribution is 0.0698. The van der Waals surface area contributed by atoms with Crippen molar-refractivity contribution in [3.8, 4) is 0 Å². The molecule has 0 radical (unpaired) electrons. The van der Waals surface area contributed by atoms with Gasteiger partial charge in [-0.15, -0.1) is 24.0 Å². The van der Waals surface area contributed by atoms with Crippen LogP contribution in [-0.4, -0.2) is 64.0 Å². The number of rotatable bonds is 12. The number of halogens is 1. The van der Waals surface area contributed by atoms with Gasteiger partial charge < -0.3 is 20.1 Å². The summed E-state index contributed by atoms with van der Waals surface area (Å²) in [6.45, 7) is 12.3. The summed E-state index contributed by atoms with van der Waals surface area (Å²) in [6.07, 6.45) is 3.58. The summed E-state index contributed by atoms with van der Waals surface area (Å²) in [5.74, 6) is 1.74. The van der Waals surface area contributed by atoms with E-state index in [4.69, 9.17) is 14.5 Å². The molecule has 1 aromatic rings. The van der Waals surface area contributed by atoms with E-state index in [0.29, 0.717) is 19.8 Å². The Morgan fingerprint density at radius 3 is 2.63 bits per heavy atom. The molecule has 0 aliphatic carbocycles. The lowest BCUT2D eigenvalue weighted by Gasteiger charge is -2.30. The van der Waals surface area contributed by atoms with E-state index in [0.717, 1.165) is 44.5 Å². The largest absolute Gasteiger partial charge is 0.382 e. The Hall–Kier alpha value is -0.900. The van der Waals surface area contributed by atoms with Crippen LogP contribution in [0.1, 0.15) is 44.2 Å². The van der Waals surface area contributed by atoms with Crippen molar-refractivity contribution in [2.45, 2.75) is 46.2 Å². The predicted molar refractivity (Wildman–Crippen MR) is 136 cm³/mol. The minimum absolute atomic E-state index is 0. The molecule has 0 bridgehead atoms.